The van der Waals surface area contributed by atoms with Gasteiger partial charge >= 0.3 is 6.09 Å². The highest BCUT2D eigenvalue weighted by molar-refractivity contribution is 5.89. The monoisotopic (exact) mass is 248 g/mol. The Hall–Kier alpha value is -1.75. The lowest BCUT2D eigenvalue weighted by molar-refractivity contribution is 0.181. The third-order valence-electron chi connectivity index (χ3n) is 3.22. The summed E-state index contributed by atoms with van der Waals surface area (Å²) in [6, 6.07) is 8.21. The molecule has 0 aliphatic carbocycles. The molecule has 1 N–H and O–H groups in total. The molecule has 1 aromatic carbocycles. The normalized spacial score (nSPS) is 23.2. The van der Waals surface area contributed by atoms with Crippen molar-refractivity contribution in [3.8, 4) is 0 Å². The summed E-state index contributed by atoms with van der Waals surface area (Å²) in [4.78, 5) is 13.1. The van der Waals surface area contributed by atoms with Crippen molar-refractivity contribution in [2.75, 3.05) is 36.6 Å². The maximum atomic E-state index is 11.5. The van der Waals surface area contributed by atoms with E-state index in [0.717, 1.165) is 31.0 Å². The SMILES string of the molecule is O=C1OCCN1c1cccc(NC2CCOC2)c1. The Kier molecular flexibility index (Phi) is 3.06. The number of hydrogen-bond acceptors (Lipinski definition) is 4. The van der Waals surface area contributed by atoms with Gasteiger partial charge in [-0.05, 0) is 24.6 Å². The van der Waals surface area contributed by atoms with E-state index >= 15 is 0 Å². The molecule has 0 saturated carbocycles. The molecule has 2 aliphatic rings. The van der Waals surface area contributed by atoms with Crippen molar-refractivity contribution in [2.24, 2.45) is 0 Å². The fraction of sp³-hybridized carbons (Fsp3) is 0.462. The van der Waals surface area contributed by atoms with E-state index in [9.17, 15) is 4.79 Å². The number of amides is 1. The molecule has 18 heavy (non-hydrogen) atoms. The van der Waals surface area contributed by atoms with Gasteiger partial charge in [-0.15, -0.1) is 0 Å². The van der Waals surface area contributed by atoms with E-state index in [1.807, 2.05) is 24.3 Å². The Morgan fingerprint density at radius 3 is 3.00 bits per heavy atom. The van der Waals surface area contributed by atoms with Crippen LogP contribution in [0.25, 0.3) is 0 Å². The van der Waals surface area contributed by atoms with Crippen LogP contribution in [0.3, 0.4) is 0 Å². The average molecular weight is 248 g/mol. The predicted octanol–water partition coefficient (Wildman–Crippen LogP) is 1.84. The summed E-state index contributed by atoms with van der Waals surface area (Å²) in [6.07, 6.45) is 0.757. The highest BCUT2D eigenvalue weighted by Crippen LogP contribution is 2.23. The van der Waals surface area contributed by atoms with E-state index in [1.165, 1.54) is 0 Å². The van der Waals surface area contributed by atoms with Gasteiger partial charge in [-0.2, -0.15) is 0 Å². The summed E-state index contributed by atoms with van der Waals surface area (Å²) in [5.74, 6) is 0. The molecule has 2 heterocycles. The number of benzene rings is 1. The lowest BCUT2D eigenvalue weighted by atomic mass is 10.2. The number of nitrogens with one attached hydrogen (secondary N) is 1. The van der Waals surface area contributed by atoms with Crippen molar-refractivity contribution in [1.82, 2.24) is 0 Å². The first-order valence-electron chi connectivity index (χ1n) is 6.21. The van der Waals surface area contributed by atoms with Crippen LogP contribution in [0.5, 0.6) is 0 Å². The number of carbonyl (C=O) groups excluding carboxylic acids is 1. The Morgan fingerprint density at radius 2 is 2.28 bits per heavy atom. The van der Waals surface area contributed by atoms with Gasteiger partial charge in [0.2, 0.25) is 0 Å². The van der Waals surface area contributed by atoms with E-state index in [4.69, 9.17) is 9.47 Å². The third kappa shape index (κ3) is 2.26. The smallest absolute Gasteiger partial charge is 0.414 e. The molecule has 5 heteroatoms. The fourth-order valence-corrected chi connectivity index (χ4v) is 2.28. The quantitative estimate of drug-likeness (QED) is 0.886. The van der Waals surface area contributed by atoms with Crippen molar-refractivity contribution in [1.29, 1.82) is 0 Å². The molecule has 1 aromatic rings. The van der Waals surface area contributed by atoms with E-state index < -0.39 is 0 Å². The number of cyclic esters (lactones) is 1. The molecule has 1 unspecified atom stereocenters. The van der Waals surface area contributed by atoms with Crippen LogP contribution in [0, 0.1) is 0 Å². The van der Waals surface area contributed by atoms with Crippen LogP contribution in [0.4, 0.5) is 16.2 Å². The molecule has 0 aromatic heterocycles. The second-order valence-electron chi connectivity index (χ2n) is 4.52. The topological polar surface area (TPSA) is 50.8 Å². The second kappa shape index (κ2) is 4.86. The molecule has 2 aliphatic heterocycles. The van der Waals surface area contributed by atoms with Crippen LogP contribution in [0.15, 0.2) is 24.3 Å². The van der Waals surface area contributed by atoms with Crippen LogP contribution in [0.1, 0.15) is 6.42 Å². The molecule has 5 nitrogen and oxygen atoms in total. The van der Waals surface area contributed by atoms with Crippen LogP contribution in [0.2, 0.25) is 0 Å². The minimum absolute atomic E-state index is 0.267. The molecular formula is C13H16N2O3. The van der Waals surface area contributed by atoms with Crippen LogP contribution >= 0.6 is 0 Å². The maximum Gasteiger partial charge on any atom is 0.414 e. The number of anilines is 2. The molecule has 0 spiro atoms. The first kappa shape index (κ1) is 11.3. The first-order valence-corrected chi connectivity index (χ1v) is 6.21. The van der Waals surface area contributed by atoms with E-state index in [-0.39, 0.29) is 6.09 Å². The lowest BCUT2D eigenvalue weighted by Gasteiger charge is -2.16. The summed E-state index contributed by atoms with van der Waals surface area (Å²) in [6.45, 7) is 2.65. The Bertz CT molecular complexity index is 444. The minimum atomic E-state index is -0.267. The highest BCUT2D eigenvalue weighted by Gasteiger charge is 2.23. The summed E-state index contributed by atoms with van der Waals surface area (Å²) >= 11 is 0. The standard InChI is InChI=1S/C13H16N2O3/c16-13-15(5-7-18-13)12-3-1-2-10(8-12)14-11-4-6-17-9-11/h1-3,8,11,14H,4-7,9H2. The van der Waals surface area contributed by atoms with Crippen LogP contribution < -0.4 is 10.2 Å². The lowest BCUT2D eigenvalue weighted by Crippen LogP contribution is -2.24. The molecule has 1 amide bonds. The Balaban J connectivity index is 1.73. The minimum Gasteiger partial charge on any atom is -0.447 e. The summed E-state index contributed by atoms with van der Waals surface area (Å²) in [7, 11) is 0. The van der Waals surface area contributed by atoms with Crippen molar-refractivity contribution in [2.45, 2.75) is 12.5 Å². The molecule has 1 atom stereocenters. The largest absolute Gasteiger partial charge is 0.447 e. The molecule has 3 rings (SSSR count). The van der Waals surface area contributed by atoms with Gasteiger partial charge in [-0.1, -0.05) is 6.07 Å². The molecule has 2 fully saturated rings. The summed E-state index contributed by atoms with van der Waals surface area (Å²) < 4.78 is 10.3. The number of rotatable bonds is 3. The van der Waals surface area contributed by atoms with Crippen LogP contribution in [-0.4, -0.2) is 38.5 Å². The molecular weight excluding hydrogens is 232 g/mol. The Morgan fingerprint density at radius 1 is 1.33 bits per heavy atom. The predicted molar refractivity (Wildman–Crippen MR) is 68.0 cm³/mol. The van der Waals surface area contributed by atoms with Crippen LogP contribution in [-0.2, 0) is 9.47 Å². The number of nitrogens with zero attached hydrogens (tertiary/aromatic N) is 1. The number of carbonyl (C=O) groups is 1. The van der Waals surface area contributed by atoms with Gasteiger partial charge in [0.1, 0.15) is 6.61 Å². The zero-order valence-corrected chi connectivity index (χ0v) is 10.1. The molecule has 96 valence electrons. The van der Waals surface area contributed by atoms with Crippen molar-refractivity contribution in [3.05, 3.63) is 24.3 Å². The van der Waals surface area contributed by atoms with Gasteiger partial charge in [0.25, 0.3) is 0 Å². The van der Waals surface area contributed by atoms with Gasteiger partial charge in [0, 0.05) is 18.0 Å². The number of ether oxygens (including phenoxy) is 2. The van der Waals surface area contributed by atoms with E-state index in [1.54, 1.807) is 4.90 Å². The van der Waals surface area contributed by atoms with Crippen molar-refractivity contribution >= 4 is 17.5 Å². The average Bonchev–Trinajstić information content (AvgIpc) is 3.01. The maximum absolute atomic E-state index is 11.5. The van der Waals surface area contributed by atoms with E-state index in [0.29, 0.717) is 19.2 Å². The van der Waals surface area contributed by atoms with Gasteiger partial charge in [0.05, 0.1) is 19.2 Å². The molecule has 0 bridgehead atoms. The van der Waals surface area contributed by atoms with Gasteiger partial charge in [-0.25, -0.2) is 4.79 Å². The summed E-state index contributed by atoms with van der Waals surface area (Å²) in [5.41, 5.74) is 1.89. The van der Waals surface area contributed by atoms with Gasteiger partial charge < -0.3 is 14.8 Å². The summed E-state index contributed by atoms with van der Waals surface area (Å²) in [5, 5.41) is 3.42. The van der Waals surface area contributed by atoms with E-state index in [2.05, 4.69) is 5.32 Å². The Labute approximate surface area is 106 Å². The molecule has 0 radical (unpaired) electrons. The van der Waals surface area contributed by atoms with Gasteiger partial charge in [-0.3, -0.25) is 4.90 Å². The highest BCUT2D eigenvalue weighted by atomic mass is 16.6. The number of hydrogen-bond donors (Lipinski definition) is 1. The third-order valence-corrected chi connectivity index (χ3v) is 3.22. The van der Waals surface area contributed by atoms with Crippen molar-refractivity contribution < 1.29 is 14.3 Å². The van der Waals surface area contributed by atoms with Crippen molar-refractivity contribution in [3.63, 3.8) is 0 Å². The van der Waals surface area contributed by atoms with Gasteiger partial charge in [0.15, 0.2) is 0 Å². The first-order chi connectivity index (χ1) is 8.83. The fourth-order valence-electron chi connectivity index (χ4n) is 2.28. The zero-order chi connectivity index (χ0) is 12.4. The second-order valence-corrected chi connectivity index (χ2v) is 4.52. The zero-order valence-electron chi connectivity index (χ0n) is 10.1. The molecule has 2 saturated heterocycles.